The average Bonchev–Trinajstić information content (AvgIpc) is 2.41. The molecule has 0 bridgehead atoms. The summed E-state index contributed by atoms with van der Waals surface area (Å²) < 4.78 is 0. The van der Waals surface area contributed by atoms with Gasteiger partial charge in [-0.2, -0.15) is 0 Å². The van der Waals surface area contributed by atoms with E-state index in [0.717, 1.165) is 0 Å². The molecule has 2 aromatic carbocycles. The monoisotopic (exact) mass is 267 g/mol. The van der Waals surface area contributed by atoms with Gasteiger partial charge >= 0.3 is 0 Å². The van der Waals surface area contributed by atoms with Crippen LogP contribution in [0.5, 0.6) is 0 Å². The number of rotatable bonds is 4. The first-order valence-electron chi connectivity index (χ1n) is 7.46. The zero-order chi connectivity index (χ0) is 14.7. The first-order valence-corrected chi connectivity index (χ1v) is 7.46. The van der Waals surface area contributed by atoms with Gasteiger partial charge in [0, 0.05) is 17.4 Å². The summed E-state index contributed by atoms with van der Waals surface area (Å²) in [4.78, 5) is 2.45. The molecule has 0 N–H and O–H groups in total. The van der Waals surface area contributed by atoms with Gasteiger partial charge in [-0.15, -0.1) is 0 Å². The van der Waals surface area contributed by atoms with Crippen LogP contribution in [0.25, 0.3) is 0 Å². The Labute approximate surface area is 123 Å². The first kappa shape index (κ1) is 14.6. The normalized spacial score (nSPS) is 11.2. The minimum atomic E-state index is 0.427. The van der Waals surface area contributed by atoms with Crippen LogP contribution >= 0.6 is 0 Å². The molecule has 2 aromatic rings. The number of anilines is 2. The fourth-order valence-corrected chi connectivity index (χ4v) is 2.71. The molecule has 0 atom stereocenters. The molecule has 1 heteroatoms. The van der Waals surface area contributed by atoms with Crippen molar-refractivity contribution in [3.05, 3.63) is 59.7 Å². The largest absolute Gasteiger partial charge is 0.338 e. The van der Waals surface area contributed by atoms with E-state index in [-0.39, 0.29) is 0 Å². The summed E-state index contributed by atoms with van der Waals surface area (Å²) in [6.07, 6.45) is 0. The van der Waals surface area contributed by atoms with E-state index in [1.165, 1.54) is 22.5 Å². The molecule has 0 spiro atoms. The molecule has 0 fully saturated rings. The smallest absolute Gasteiger partial charge is 0.0448 e. The quantitative estimate of drug-likeness (QED) is 0.690. The fourth-order valence-electron chi connectivity index (χ4n) is 2.71. The molecule has 0 saturated heterocycles. The third-order valence-corrected chi connectivity index (χ3v) is 3.71. The van der Waals surface area contributed by atoms with Crippen molar-refractivity contribution in [3.8, 4) is 0 Å². The summed E-state index contributed by atoms with van der Waals surface area (Å²) in [6.45, 7) is 11.2. The van der Waals surface area contributed by atoms with Gasteiger partial charge in [0.05, 0.1) is 0 Å². The van der Waals surface area contributed by atoms with Crippen molar-refractivity contribution in [2.24, 2.45) is 0 Å². The van der Waals surface area contributed by atoms with Gasteiger partial charge in [0.1, 0.15) is 0 Å². The second kappa shape index (κ2) is 6.13. The average molecular weight is 267 g/mol. The Balaban J connectivity index is 2.59. The van der Waals surface area contributed by atoms with E-state index >= 15 is 0 Å². The first-order chi connectivity index (χ1) is 9.52. The molecule has 0 amide bonds. The molecule has 0 aliphatic heterocycles. The van der Waals surface area contributed by atoms with E-state index < -0.39 is 0 Å². The van der Waals surface area contributed by atoms with Gasteiger partial charge in [-0.25, -0.2) is 0 Å². The van der Waals surface area contributed by atoms with Crippen LogP contribution < -0.4 is 4.90 Å². The number of aryl methyl sites for hydroxylation is 1. The molecule has 0 radical (unpaired) electrons. The van der Waals surface area contributed by atoms with Crippen LogP contribution in [0.2, 0.25) is 0 Å². The van der Waals surface area contributed by atoms with Crippen molar-refractivity contribution in [1.29, 1.82) is 0 Å². The fraction of sp³-hybridized carbons (Fsp3) is 0.368. The number of nitrogens with zero attached hydrogens (tertiary/aromatic N) is 1. The van der Waals surface area contributed by atoms with Crippen LogP contribution in [0, 0.1) is 6.92 Å². The molecule has 0 heterocycles. The summed E-state index contributed by atoms with van der Waals surface area (Å²) in [5, 5.41) is 0. The van der Waals surface area contributed by atoms with Gasteiger partial charge in [0.15, 0.2) is 0 Å². The number of para-hydroxylation sites is 2. The summed E-state index contributed by atoms with van der Waals surface area (Å²) in [5.41, 5.74) is 5.35. The third-order valence-electron chi connectivity index (χ3n) is 3.71. The highest BCUT2D eigenvalue weighted by Gasteiger charge is 2.18. The number of benzene rings is 2. The van der Waals surface area contributed by atoms with Crippen molar-refractivity contribution >= 4 is 11.4 Å². The number of hydrogen-bond acceptors (Lipinski definition) is 1. The van der Waals surface area contributed by atoms with Gasteiger partial charge in [0.25, 0.3) is 0 Å². The standard InChI is InChI=1S/C19H25N/c1-14(2)17-11-7-9-13-19(17)20(15(3)4)18-12-8-6-10-16(18)5/h6-15H,1-5H3. The molecule has 1 nitrogen and oxygen atoms in total. The highest BCUT2D eigenvalue weighted by molar-refractivity contribution is 5.70. The van der Waals surface area contributed by atoms with Crippen LogP contribution in [0.1, 0.15) is 44.7 Å². The Hall–Kier alpha value is -1.76. The zero-order valence-electron chi connectivity index (χ0n) is 13.2. The lowest BCUT2D eigenvalue weighted by Gasteiger charge is -2.33. The molecule has 2 rings (SSSR count). The van der Waals surface area contributed by atoms with Crippen LogP contribution in [0.3, 0.4) is 0 Å². The van der Waals surface area contributed by atoms with Gasteiger partial charge < -0.3 is 4.90 Å². The van der Waals surface area contributed by atoms with Gasteiger partial charge in [-0.1, -0.05) is 50.2 Å². The highest BCUT2D eigenvalue weighted by Crippen LogP contribution is 2.35. The summed E-state index contributed by atoms with van der Waals surface area (Å²) in [7, 11) is 0. The molecule has 0 aliphatic carbocycles. The molecule has 0 aromatic heterocycles. The van der Waals surface area contributed by atoms with Crippen LogP contribution in [-0.2, 0) is 0 Å². The molecule has 0 unspecified atom stereocenters. The van der Waals surface area contributed by atoms with E-state index in [1.807, 2.05) is 0 Å². The van der Waals surface area contributed by atoms with Crippen molar-refractivity contribution in [1.82, 2.24) is 0 Å². The second-order valence-corrected chi connectivity index (χ2v) is 5.96. The topological polar surface area (TPSA) is 3.24 Å². The van der Waals surface area contributed by atoms with Crippen LogP contribution in [0.4, 0.5) is 11.4 Å². The van der Waals surface area contributed by atoms with E-state index in [4.69, 9.17) is 0 Å². The predicted octanol–water partition coefficient (Wildman–Crippen LogP) is 5.66. The minimum Gasteiger partial charge on any atom is -0.338 e. The lowest BCUT2D eigenvalue weighted by Crippen LogP contribution is -2.27. The Bertz CT molecular complexity index is 569. The van der Waals surface area contributed by atoms with Gasteiger partial charge in [-0.05, 0) is 49.9 Å². The Kier molecular flexibility index (Phi) is 4.49. The molecule has 106 valence electrons. The maximum atomic E-state index is 2.45. The molecular weight excluding hydrogens is 242 g/mol. The summed E-state index contributed by atoms with van der Waals surface area (Å²) in [6, 6.07) is 17.8. The summed E-state index contributed by atoms with van der Waals surface area (Å²) >= 11 is 0. The van der Waals surface area contributed by atoms with E-state index in [2.05, 4.69) is 88.0 Å². The zero-order valence-corrected chi connectivity index (χ0v) is 13.2. The van der Waals surface area contributed by atoms with Crippen molar-refractivity contribution in [2.45, 2.75) is 46.6 Å². The third kappa shape index (κ3) is 2.87. The van der Waals surface area contributed by atoms with Crippen LogP contribution in [-0.4, -0.2) is 6.04 Å². The molecule has 0 aliphatic rings. The molecular formula is C19H25N. The van der Waals surface area contributed by atoms with Crippen molar-refractivity contribution < 1.29 is 0 Å². The SMILES string of the molecule is Cc1ccccc1N(c1ccccc1C(C)C)C(C)C. The summed E-state index contributed by atoms with van der Waals surface area (Å²) in [5.74, 6) is 0.525. The predicted molar refractivity (Wildman–Crippen MR) is 89.0 cm³/mol. The Morgan fingerprint density at radius 1 is 0.750 bits per heavy atom. The second-order valence-electron chi connectivity index (χ2n) is 5.96. The molecule has 20 heavy (non-hydrogen) atoms. The lowest BCUT2D eigenvalue weighted by molar-refractivity contribution is 0.769. The van der Waals surface area contributed by atoms with E-state index in [9.17, 15) is 0 Å². The minimum absolute atomic E-state index is 0.427. The van der Waals surface area contributed by atoms with Crippen molar-refractivity contribution in [3.63, 3.8) is 0 Å². The van der Waals surface area contributed by atoms with Gasteiger partial charge in [0.2, 0.25) is 0 Å². The van der Waals surface area contributed by atoms with Crippen LogP contribution in [0.15, 0.2) is 48.5 Å². The highest BCUT2D eigenvalue weighted by atomic mass is 15.2. The lowest BCUT2D eigenvalue weighted by atomic mass is 9.99. The van der Waals surface area contributed by atoms with Gasteiger partial charge in [-0.3, -0.25) is 0 Å². The Morgan fingerprint density at radius 2 is 1.30 bits per heavy atom. The maximum absolute atomic E-state index is 2.45. The molecule has 0 saturated carbocycles. The number of hydrogen-bond donors (Lipinski definition) is 0. The van der Waals surface area contributed by atoms with Crippen molar-refractivity contribution in [2.75, 3.05) is 4.90 Å². The van der Waals surface area contributed by atoms with E-state index in [1.54, 1.807) is 0 Å². The Morgan fingerprint density at radius 3 is 1.85 bits per heavy atom. The maximum Gasteiger partial charge on any atom is 0.0448 e. The van der Waals surface area contributed by atoms with E-state index in [0.29, 0.717) is 12.0 Å².